The Labute approximate surface area is 260 Å². The molecule has 2 nitrogen and oxygen atoms in total. The van der Waals surface area contributed by atoms with Gasteiger partial charge in [-0.05, 0) is 93.4 Å². The third-order valence-corrected chi connectivity index (χ3v) is 7.73. The molecule has 6 rings (SSSR count). The number of rotatable bonds is 8. The Kier molecular flexibility index (Phi) is 8.43. The first kappa shape index (κ1) is 28.4. The van der Waals surface area contributed by atoms with Crippen molar-refractivity contribution in [3.63, 3.8) is 0 Å². The van der Waals surface area contributed by atoms with Crippen molar-refractivity contribution in [2.45, 2.75) is 6.92 Å². The average Bonchev–Trinajstić information content (AvgIpc) is 3.09. The molecule has 0 saturated carbocycles. The van der Waals surface area contributed by atoms with Crippen molar-refractivity contribution in [2.75, 3.05) is 5.73 Å². The van der Waals surface area contributed by atoms with Gasteiger partial charge in [-0.2, -0.15) is 0 Å². The van der Waals surface area contributed by atoms with Gasteiger partial charge in [-0.3, -0.25) is 4.99 Å². The Morgan fingerprint density at radius 1 is 0.500 bits per heavy atom. The van der Waals surface area contributed by atoms with Crippen molar-refractivity contribution in [1.29, 1.82) is 0 Å². The summed E-state index contributed by atoms with van der Waals surface area (Å²) in [5.74, 6) is 0. The van der Waals surface area contributed by atoms with E-state index in [9.17, 15) is 0 Å². The minimum atomic E-state index is 0.762. The summed E-state index contributed by atoms with van der Waals surface area (Å²) in [5.41, 5.74) is 19.4. The minimum Gasteiger partial charge on any atom is -0.399 e. The van der Waals surface area contributed by atoms with E-state index in [0.29, 0.717) is 0 Å². The molecule has 0 fully saturated rings. The molecule has 0 radical (unpaired) electrons. The zero-order chi connectivity index (χ0) is 30.3. The molecule has 2 heteroatoms. The average molecular weight is 567 g/mol. The number of nitrogens with two attached hydrogens (primary N) is 1. The molecule has 0 aliphatic carbocycles. The second-order valence-electron chi connectivity index (χ2n) is 10.8. The third kappa shape index (κ3) is 6.67. The molecule has 0 spiro atoms. The van der Waals surface area contributed by atoms with Crippen molar-refractivity contribution < 1.29 is 0 Å². The van der Waals surface area contributed by atoms with E-state index in [0.717, 1.165) is 61.6 Å². The lowest BCUT2D eigenvalue weighted by Gasteiger charge is -2.13. The summed E-state index contributed by atoms with van der Waals surface area (Å²) in [6, 6.07) is 54.4. The minimum absolute atomic E-state index is 0.762. The fourth-order valence-corrected chi connectivity index (χ4v) is 5.27. The van der Waals surface area contributed by atoms with Gasteiger partial charge in [0.1, 0.15) is 0 Å². The lowest BCUT2D eigenvalue weighted by atomic mass is 9.93. The van der Waals surface area contributed by atoms with E-state index in [1.807, 2.05) is 54.6 Å². The largest absolute Gasteiger partial charge is 0.399 e. The lowest BCUT2D eigenvalue weighted by molar-refractivity contribution is 1.46. The Bertz CT molecular complexity index is 1880. The predicted octanol–water partition coefficient (Wildman–Crippen LogP) is 10.8. The van der Waals surface area contributed by atoms with Crippen molar-refractivity contribution in [1.82, 2.24) is 0 Å². The number of allylic oxidation sites excluding steroid dienone is 2. The number of hydrogen-bond donors (Lipinski definition) is 1. The molecule has 0 bridgehead atoms. The highest BCUT2D eigenvalue weighted by atomic mass is 14.8. The Morgan fingerprint density at radius 3 is 1.48 bits per heavy atom. The Balaban J connectivity index is 1.38. The van der Waals surface area contributed by atoms with Crippen molar-refractivity contribution >= 4 is 22.7 Å². The van der Waals surface area contributed by atoms with Crippen LogP contribution in [-0.2, 0) is 0 Å². The van der Waals surface area contributed by atoms with Gasteiger partial charge in [0.25, 0.3) is 0 Å². The highest BCUT2D eigenvalue weighted by Gasteiger charge is 2.10. The van der Waals surface area contributed by atoms with E-state index in [1.165, 1.54) is 11.1 Å². The topological polar surface area (TPSA) is 38.4 Å². The summed E-state index contributed by atoms with van der Waals surface area (Å²) in [5, 5.41) is 0. The van der Waals surface area contributed by atoms with Gasteiger partial charge in [0, 0.05) is 17.0 Å². The molecule has 44 heavy (non-hydrogen) atoms. The molecular weight excluding hydrogens is 532 g/mol. The number of benzene rings is 6. The summed E-state index contributed by atoms with van der Waals surface area (Å²) in [6.07, 6.45) is 2.10. The molecule has 2 N–H and O–H groups in total. The fraction of sp³-hybridized carbons (Fsp3) is 0.0238. The van der Waals surface area contributed by atoms with Gasteiger partial charge in [-0.25, -0.2) is 0 Å². The first-order valence-corrected chi connectivity index (χ1v) is 14.8. The highest BCUT2D eigenvalue weighted by Crippen LogP contribution is 2.32. The quantitative estimate of drug-likeness (QED) is 0.111. The van der Waals surface area contributed by atoms with Gasteiger partial charge in [-0.15, -0.1) is 0 Å². The van der Waals surface area contributed by atoms with Gasteiger partial charge in [0.05, 0.1) is 5.70 Å². The van der Waals surface area contributed by atoms with Crippen LogP contribution in [0.4, 0.5) is 5.69 Å². The van der Waals surface area contributed by atoms with E-state index in [-0.39, 0.29) is 0 Å². The van der Waals surface area contributed by atoms with E-state index < -0.39 is 0 Å². The van der Waals surface area contributed by atoms with Crippen LogP contribution in [-0.4, -0.2) is 5.71 Å². The van der Waals surface area contributed by atoms with Gasteiger partial charge in [0.2, 0.25) is 0 Å². The third-order valence-electron chi connectivity index (χ3n) is 7.73. The van der Waals surface area contributed by atoms with Gasteiger partial charge in [-0.1, -0.05) is 134 Å². The molecule has 0 atom stereocenters. The molecule has 0 aromatic heterocycles. The van der Waals surface area contributed by atoms with E-state index in [1.54, 1.807) is 0 Å². The van der Waals surface area contributed by atoms with Crippen LogP contribution in [0.2, 0.25) is 0 Å². The summed E-state index contributed by atoms with van der Waals surface area (Å²) >= 11 is 0. The SMILES string of the molecule is C=C(/C=C(\N=C(/C)c1ccc(-c2ccc(N)cc2)cc1)c1ccccc1)c1cc(-c2ccccc2)cc(-c2ccccc2)c1. The summed E-state index contributed by atoms with van der Waals surface area (Å²) in [4.78, 5) is 5.16. The normalized spacial score (nSPS) is 11.8. The molecule has 0 saturated heterocycles. The van der Waals surface area contributed by atoms with Gasteiger partial charge >= 0.3 is 0 Å². The van der Waals surface area contributed by atoms with E-state index in [4.69, 9.17) is 10.7 Å². The van der Waals surface area contributed by atoms with Crippen molar-refractivity contribution in [2.24, 2.45) is 4.99 Å². The summed E-state index contributed by atoms with van der Waals surface area (Å²) < 4.78 is 0. The second-order valence-corrected chi connectivity index (χ2v) is 10.8. The van der Waals surface area contributed by atoms with E-state index >= 15 is 0 Å². The first-order valence-electron chi connectivity index (χ1n) is 14.8. The smallest absolute Gasteiger partial charge is 0.0711 e. The monoisotopic (exact) mass is 566 g/mol. The number of hydrogen-bond acceptors (Lipinski definition) is 2. The van der Waals surface area contributed by atoms with Crippen molar-refractivity contribution in [3.8, 4) is 33.4 Å². The van der Waals surface area contributed by atoms with Crippen LogP contribution in [0.15, 0.2) is 175 Å². The maximum absolute atomic E-state index is 5.88. The van der Waals surface area contributed by atoms with Gasteiger partial charge < -0.3 is 5.73 Å². The van der Waals surface area contributed by atoms with Crippen LogP contribution in [0.1, 0.15) is 23.6 Å². The molecule has 0 aliphatic heterocycles. The molecule has 0 unspecified atom stereocenters. The van der Waals surface area contributed by atoms with Crippen LogP contribution in [0.3, 0.4) is 0 Å². The lowest BCUT2D eigenvalue weighted by Crippen LogP contribution is -1.96. The molecular formula is C42H34N2. The number of anilines is 1. The second kappa shape index (κ2) is 13.1. The molecule has 0 aliphatic rings. The van der Waals surface area contributed by atoms with E-state index in [2.05, 4.69) is 123 Å². The molecule has 0 heterocycles. The number of nitrogens with zero attached hydrogens (tertiary/aromatic N) is 1. The molecule has 212 valence electrons. The van der Waals surface area contributed by atoms with Gasteiger partial charge in [0.15, 0.2) is 0 Å². The van der Waals surface area contributed by atoms with Crippen LogP contribution in [0.5, 0.6) is 0 Å². The summed E-state index contributed by atoms with van der Waals surface area (Å²) in [6.45, 7) is 6.59. The Hall–Kier alpha value is -5.73. The van der Waals surface area contributed by atoms with Crippen LogP contribution in [0, 0.1) is 0 Å². The standard InChI is InChI=1S/C42H34N2/c1-30(38-27-39(33-12-6-3-7-13-33)29-40(28-38)34-14-8-4-9-15-34)26-42(37-16-10-5-11-17-37)44-31(2)32-18-20-35(21-19-32)36-22-24-41(43)25-23-36/h3-29H,1,43H2,2H3/b42-26-,44-31+. The number of aliphatic imine (C=N–C) groups is 1. The number of nitrogen functional groups attached to an aromatic ring is 1. The summed E-state index contributed by atoms with van der Waals surface area (Å²) in [7, 11) is 0. The predicted molar refractivity (Wildman–Crippen MR) is 189 cm³/mol. The zero-order valence-corrected chi connectivity index (χ0v) is 24.8. The fourth-order valence-electron chi connectivity index (χ4n) is 5.27. The van der Waals surface area contributed by atoms with Crippen LogP contribution >= 0.6 is 0 Å². The zero-order valence-electron chi connectivity index (χ0n) is 24.8. The van der Waals surface area contributed by atoms with Crippen LogP contribution in [0.25, 0.3) is 44.7 Å². The van der Waals surface area contributed by atoms with Crippen molar-refractivity contribution in [3.05, 3.63) is 187 Å². The first-order chi connectivity index (χ1) is 21.5. The molecule has 6 aromatic carbocycles. The molecule has 0 amide bonds. The molecule has 6 aromatic rings. The highest BCUT2D eigenvalue weighted by molar-refractivity contribution is 6.03. The van der Waals surface area contributed by atoms with Crippen LogP contribution < -0.4 is 5.73 Å². The maximum Gasteiger partial charge on any atom is 0.0711 e. The maximum atomic E-state index is 5.88. The Morgan fingerprint density at radius 2 is 0.955 bits per heavy atom.